The SMILES string of the molecule is COCCN1CCCC2(CCCN2C(=O)c2cc(=O)c3cccc(F)c3[nH]2)C1=O. The molecule has 1 N–H and O–H groups in total. The molecule has 0 saturated carbocycles. The molecule has 154 valence electrons. The Morgan fingerprint density at radius 2 is 2.00 bits per heavy atom. The van der Waals surface area contributed by atoms with Gasteiger partial charge < -0.3 is 19.5 Å². The second-order valence-electron chi connectivity index (χ2n) is 7.69. The van der Waals surface area contributed by atoms with E-state index in [9.17, 15) is 18.8 Å². The topological polar surface area (TPSA) is 82.7 Å². The Morgan fingerprint density at radius 3 is 2.76 bits per heavy atom. The van der Waals surface area contributed by atoms with E-state index in [2.05, 4.69) is 4.98 Å². The van der Waals surface area contributed by atoms with Gasteiger partial charge in [0.05, 0.1) is 12.1 Å². The second-order valence-corrected chi connectivity index (χ2v) is 7.69. The van der Waals surface area contributed by atoms with Crippen LogP contribution < -0.4 is 5.43 Å². The molecule has 1 aromatic heterocycles. The lowest BCUT2D eigenvalue weighted by atomic mass is 9.85. The number of amides is 2. The van der Waals surface area contributed by atoms with Crippen LogP contribution in [-0.4, -0.2) is 65.5 Å². The largest absolute Gasteiger partial charge is 0.383 e. The first-order valence-electron chi connectivity index (χ1n) is 9.90. The molecule has 1 atom stereocenters. The molecule has 7 nitrogen and oxygen atoms in total. The van der Waals surface area contributed by atoms with E-state index in [1.807, 2.05) is 0 Å². The Balaban J connectivity index is 1.70. The zero-order valence-corrected chi connectivity index (χ0v) is 16.4. The molecule has 0 aliphatic carbocycles. The lowest BCUT2D eigenvalue weighted by molar-refractivity contribution is -0.146. The Kier molecular flexibility index (Phi) is 5.12. The number of likely N-dealkylation sites (tertiary alicyclic amines) is 2. The van der Waals surface area contributed by atoms with Crippen molar-refractivity contribution in [3.05, 3.63) is 46.0 Å². The third-order valence-corrected chi connectivity index (χ3v) is 6.05. The maximum absolute atomic E-state index is 14.2. The number of hydrogen-bond acceptors (Lipinski definition) is 4. The number of nitrogens with one attached hydrogen (secondary N) is 1. The van der Waals surface area contributed by atoms with Crippen LogP contribution in [0.2, 0.25) is 0 Å². The number of rotatable bonds is 4. The molecule has 0 bridgehead atoms. The van der Waals surface area contributed by atoms with Crippen molar-refractivity contribution in [1.29, 1.82) is 0 Å². The number of pyridine rings is 1. The van der Waals surface area contributed by atoms with Gasteiger partial charge in [0.2, 0.25) is 5.91 Å². The minimum atomic E-state index is -0.899. The quantitative estimate of drug-likeness (QED) is 0.849. The highest BCUT2D eigenvalue weighted by Gasteiger charge is 2.52. The number of H-pyrrole nitrogens is 1. The van der Waals surface area contributed by atoms with Gasteiger partial charge in [-0.05, 0) is 37.8 Å². The Morgan fingerprint density at radius 1 is 1.24 bits per heavy atom. The summed E-state index contributed by atoms with van der Waals surface area (Å²) in [7, 11) is 1.59. The minimum Gasteiger partial charge on any atom is -0.383 e. The van der Waals surface area contributed by atoms with Crippen LogP contribution in [-0.2, 0) is 9.53 Å². The van der Waals surface area contributed by atoms with Crippen molar-refractivity contribution in [2.75, 3.05) is 33.4 Å². The number of carbonyl (C=O) groups is 2. The Labute approximate surface area is 167 Å². The van der Waals surface area contributed by atoms with Crippen molar-refractivity contribution in [3.8, 4) is 0 Å². The normalized spacial score (nSPS) is 22.1. The monoisotopic (exact) mass is 401 g/mol. The van der Waals surface area contributed by atoms with E-state index < -0.39 is 22.7 Å². The highest BCUT2D eigenvalue weighted by molar-refractivity contribution is 6.00. The second kappa shape index (κ2) is 7.59. The summed E-state index contributed by atoms with van der Waals surface area (Å²) in [5, 5.41) is 0.192. The van der Waals surface area contributed by atoms with E-state index in [0.717, 1.165) is 6.42 Å². The van der Waals surface area contributed by atoms with Crippen LogP contribution in [0.15, 0.2) is 29.1 Å². The summed E-state index contributed by atoms with van der Waals surface area (Å²) >= 11 is 0. The van der Waals surface area contributed by atoms with Gasteiger partial charge in [0.15, 0.2) is 5.43 Å². The molecular weight excluding hydrogens is 377 g/mol. The number of halogens is 1. The van der Waals surface area contributed by atoms with Crippen LogP contribution in [0.4, 0.5) is 4.39 Å². The first-order chi connectivity index (χ1) is 14.0. The third-order valence-electron chi connectivity index (χ3n) is 6.05. The molecule has 2 fully saturated rings. The molecule has 4 rings (SSSR count). The molecule has 2 aliphatic rings. The summed E-state index contributed by atoms with van der Waals surface area (Å²) in [6.07, 6.45) is 2.68. The molecule has 2 amide bonds. The maximum atomic E-state index is 14.2. The molecule has 0 radical (unpaired) electrons. The van der Waals surface area contributed by atoms with Gasteiger partial charge >= 0.3 is 0 Å². The molecule has 3 heterocycles. The molecule has 8 heteroatoms. The van der Waals surface area contributed by atoms with Gasteiger partial charge in [0.25, 0.3) is 5.91 Å². The average molecular weight is 401 g/mol. The maximum Gasteiger partial charge on any atom is 0.271 e. The molecule has 2 saturated heterocycles. The highest BCUT2D eigenvalue weighted by Crippen LogP contribution is 2.39. The van der Waals surface area contributed by atoms with Gasteiger partial charge in [-0.15, -0.1) is 0 Å². The van der Waals surface area contributed by atoms with Crippen molar-refractivity contribution in [2.45, 2.75) is 31.2 Å². The first-order valence-corrected chi connectivity index (χ1v) is 9.90. The predicted octanol–water partition coefficient (Wildman–Crippen LogP) is 1.91. The molecule has 2 aromatic rings. The van der Waals surface area contributed by atoms with Crippen LogP contribution in [0.3, 0.4) is 0 Å². The molecular formula is C21H24FN3O4. The third kappa shape index (κ3) is 3.21. The van der Waals surface area contributed by atoms with E-state index in [4.69, 9.17) is 4.74 Å². The lowest BCUT2D eigenvalue weighted by Crippen LogP contribution is -2.61. The minimum absolute atomic E-state index is 0.00767. The average Bonchev–Trinajstić information content (AvgIpc) is 3.13. The fourth-order valence-electron chi connectivity index (χ4n) is 4.63. The number of hydrogen-bond donors (Lipinski definition) is 1. The highest BCUT2D eigenvalue weighted by atomic mass is 19.1. The molecule has 2 aliphatic heterocycles. The lowest BCUT2D eigenvalue weighted by Gasteiger charge is -2.44. The predicted molar refractivity (Wildman–Crippen MR) is 105 cm³/mol. The zero-order chi connectivity index (χ0) is 20.6. The van der Waals surface area contributed by atoms with Crippen LogP contribution in [0.1, 0.15) is 36.2 Å². The number of aromatic nitrogens is 1. The van der Waals surface area contributed by atoms with Crippen molar-refractivity contribution in [1.82, 2.24) is 14.8 Å². The Hall–Kier alpha value is -2.74. The fraction of sp³-hybridized carbons (Fsp3) is 0.476. The van der Waals surface area contributed by atoms with Gasteiger partial charge in [-0.25, -0.2) is 4.39 Å². The van der Waals surface area contributed by atoms with Gasteiger partial charge in [-0.1, -0.05) is 6.07 Å². The smallest absolute Gasteiger partial charge is 0.271 e. The molecule has 29 heavy (non-hydrogen) atoms. The summed E-state index contributed by atoms with van der Waals surface area (Å²) in [5.74, 6) is -1.10. The van der Waals surface area contributed by atoms with Crippen molar-refractivity contribution < 1.29 is 18.7 Å². The summed E-state index contributed by atoms with van der Waals surface area (Å²) in [5.41, 5.74) is -1.31. The fourth-order valence-corrected chi connectivity index (χ4v) is 4.63. The number of para-hydroxylation sites is 1. The van der Waals surface area contributed by atoms with E-state index in [0.29, 0.717) is 45.5 Å². The number of aromatic amines is 1. The van der Waals surface area contributed by atoms with Crippen LogP contribution in [0.5, 0.6) is 0 Å². The standard InChI is InChI=1S/C21H24FN3O4/c1-29-12-11-24-9-3-7-21(20(24)28)8-4-10-25(21)19(27)16-13-17(26)14-5-2-6-15(22)18(14)23-16/h2,5-6,13H,3-4,7-12H2,1H3,(H,23,26). The summed E-state index contributed by atoms with van der Waals surface area (Å²) in [6.45, 7) is 1.99. The first kappa shape index (κ1) is 19.6. The van der Waals surface area contributed by atoms with E-state index >= 15 is 0 Å². The number of benzene rings is 1. The summed E-state index contributed by atoms with van der Waals surface area (Å²) in [4.78, 5) is 45.1. The van der Waals surface area contributed by atoms with Crippen molar-refractivity contribution in [3.63, 3.8) is 0 Å². The number of fused-ring (bicyclic) bond motifs is 1. The zero-order valence-electron chi connectivity index (χ0n) is 16.4. The van der Waals surface area contributed by atoms with E-state index in [-0.39, 0.29) is 22.5 Å². The number of ether oxygens (including phenoxy) is 1. The van der Waals surface area contributed by atoms with Crippen LogP contribution in [0.25, 0.3) is 10.9 Å². The van der Waals surface area contributed by atoms with Crippen molar-refractivity contribution >= 4 is 22.7 Å². The van der Waals surface area contributed by atoms with Crippen LogP contribution >= 0.6 is 0 Å². The van der Waals surface area contributed by atoms with E-state index in [1.165, 1.54) is 24.3 Å². The number of piperidine rings is 1. The van der Waals surface area contributed by atoms with Gasteiger partial charge in [0.1, 0.15) is 17.1 Å². The van der Waals surface area contributed by atoms with Gasteiger partial charge in [0, 0.05) is 38.2 Å². The summed E-state index contributed by atoms with van der Waals surface area (Å²) < 4.78 is 19.3. The van der Waals surface area contributed by atoms with Gasteiger partial charge in [-0.2, -0.15) is 0 Å². The number of methoxy groups -OCH3 is 1. The molecule has 1 unspecified atom stereocenters. The molecule has 1 aromatic carbocycles. The number of nitrogens with zero attached hydrogens (tertiary/aromatic N) is 2. The number of carbonyl (C=O) groups excluding carboxylic acids is 2. The van der Waals surface area contributed by atoms with Crippen LogP contribution in [0, 0.1) is 5.82 Å². The van der Waals surface area contributed by atoms with Gasteiger partial charge in [-0.3, -0.25) is 14.4 Å². The van der Waals surface area contributed by atoms with Crippen molar-refractivity contribution in [2.24, 2.45) is 0 Å². The Bertz CT molecular complexity index is 1020. The van der Waals surface area contributed by atoms with E-state index in [1.54, 1.807) is 16.9 Å². The molecule has 1 spiro atoms. The summed E-state index contributed by atoms with van der Waals surface area (Å²) in [6, 6.07) is 5.41.